The second kappa shape index (κ2) is 6.13. The number of hydrogen-bond acceptors (Lipinski definition) is 5. The van der Waals surface area contributed by atoms with E-state index in [9.17, 15) is 13.2 Å². The highest BCUT2D eigenvalue weighted by atomic mass is 32.2. The van der Waals surface area contributed by atoms with E-state index in [0.717, 1.165) is 5.56 Å². The first-order valence-electron chi connectivity index (χ1n) is 7.18. The molecule has 2 atom stereocenters. The van der Waals surface area contributed by atoms with Crippen LogP contribution in [-0.4, -0.2) is 37.8 Å². The first-order valence-corrected chi connectivity index (χ1v) is 8.66. The van der Waals surface area contributed by atoms with Gasteiger partial charge in [0, 0.05) is 38.3 Å². The molecule has 0 saturated carbocycles. The van der Waals surface area contributed by atoms with Crippen LogP contribution in [0.25, 0.3) is 0 Å². The Labute approximate surface area is 134 Å². The van der Waals surface area contributed by atoms with Gasteiger partial charge in [0.2, 0.25) is 11.0 Å². The highest BCUT2D eigenvalue weighted by molar-refractivity contribution is 7.89. The zero-order valence-electron chi connectivity index (χ0n) is 12.5. The van der Waals surface area contributed by atoms with Crippen LogP contribution in [0.4, 0.5) is 0 Å². The lowest BCUT2D eigenvalue weighted by Crippen LogP contribution is -2.32. The first-order chi connectivity index (χ1) is 11.0. The van der Waals surface area contributed by atoms with Crippen LogP contribution in [0, 0.1) is 5.92 Å². The predicted molar refractivity (Wildman–Crippen MR) is 81.8 cm³/mol. The number of rotatable bonds is 5. The number of nitrogens with one attached hydrogen (secondary N) is 1. The lowest BCUT2D eigenvalue weighted by molar-refractivity contribution is -0.127. The van der Waals surface area contributed by atoms with Crippen LogP contribution in [0.15, 0.2) is 52.4 Å². The van der Waals surface area contributed by atoms with Gasteiger partial charge < -0.3 is 9.32 Å². The van der Waals surface area contributed by atoms with Gasteiger partial charge in [-0.15, -0.1) is 0 Å². The molecule has 1 N–H and O–H groups in total. The molecule has 3 heterocycles. The van der Waals surface area contributed by atoms with Gasteiger partial charge in [-0.3, -0.25) is 9.78 Å². The summed E-state index contributed by atoms with van der Waals surface area (Å²) in [6, 6.07) is 6.39. The lowest BCUT2D eigenvalue weighted by Gasteiger charge is -2.25. The fourth-order valence-corrected chi connectivity index (χ4v) is 3.90. The minimum atomic E-state index is -3.71. The maximum atomic E-state index is 12.1. The first kappa shape index (κ1) is 15.7. The number of carbonyl (C=O) groups excluding carboxylic acids is 1. The zero-order valence-corrected chi connectivity index (χ0v) is 13.4. The number of sulfonamides is 1. The molecule has 7 nitrogen and oxygen atoms in total. The van der Waals surface area contributed by atoms with E-state index >= 15 is 0 Å². The molecule has 1 fully saturated rings. The van der Waals surface area contributed by atoms with Crippen molar-refractivity contribution < 1.29 is 17.6 Å². The molecule has 8 heteroatoms. The number of aromatic nitrogens is 1. The fourth-order valence-electron chi connectivity index (χ4n) is 2.89. The number of hydrogen-bond donors (Lipinski definition) is 1. The van der Waals surface area contributed by atoms with Gasteiger partial charge in [-0.2, -0.15) is 0 Å². The van der Waals surface area contributed by atoms with Gasteiger partial charge in [0.25, 0.3) is 10.0 Å². The molecule has 122 valence electrons. The van der Waals surface area contributed by atoms with Crippen molar-refractivity contribution in [1.29, 1.82) is 0 Å². The van der Waals surface area contributed by atoms with Crippen molar-refractivity contribution in [1.82, 2.24) is 14.6 Å². The summed E-state index contributed by atoms with van der Waals surface area (Å²) in [5, 5.41) is -0.131. The Kier molecular flexibility index (Phi) is 4.18. The maximum Gasteiger partial charge on any atom is 0.273 e. The second-order valence-corrected chi connectivity index (χ2v) is 7.18. The Morgan fingerprint density at radius 3 is 2.87 bits per heavy atom. The topological polar surface area (TPSA) is 92.5 Å². The summed E-state index contributed by atoms with van der Waals surface area (Å²) in [6.07, 6.45) is 4.96. The van der Waals surface area contributed by atoms with Crippen molar-refractivity contribution in [2.75, 3.05) is 13.6 Å². The van der Waals surface area contributed by atoms with Gasteiger partial charge in [0.1, 0.15) is 0 Å². The molecule has 1 amide bonds. The minimum Gasteiger partial charge on any atom is -0.452 e. The third kappa shape index (κ3) is 3.13. The number of carbonyl (C=O) groups is 1. The molecule has 1 aliphatic heterocycles. The zero-order chi connectivity index (χ0) is 16.4. The maximum absolute atomic E-state index is 12.1. The van der Waals surface area contributed by atoms with Gasteiger partial charge in [-0.05, 0) is 23.8 Å². The monoisotopic (exact) mass is 335 g/mol. The van der Waals surface area contributed by atoms with Crippen LogP contribution in [-0.2, 0) is 14.8 Å². The van der Waals surface area contributed by atoms with Crippen molar-refractivity contribution >= 4 is 15.9 Å². The third-order valence-electron chi connectivity index (χ3n) is 4.02. The quantitative estimate of drug-likeness (QED) is 0.885. The van der Waals surface area contributed by atoms with E-state index in [2.05, 4.69) is 9.71 Å². The Morgan fingerprint density at radius 2 is 2.22 bits per heavy atom. The van der Waals surface area contributed by atoms with Crippen molar-refractivity contribution in [2.24, 2.45) is 5.92 Å². The molecule has 0 aromatic carbocycles. The van der Waals surface area contributed by atoms with E-state index in [1.807, 2.05) is 6.07 Å². The van der Waals surface area contributed by atoms with Crippen molar-refractivity contribution in [2.45, 2.75) is 17.6 Å². The van der Waals surface area contributed by atoms with E-state index in [4.69, 9.17) is 4.42 Å². The Balaban J connectivity index is 1.77. The Bertz CT molecular complexity index is 774. The number of nitrogens with zero attached hydrogens (tertiary/aromatic N) is 2. The normalized spacial score (nSPS) is 21.8. The predicted octanol–water partition coefficient (Wildman–Crippen LogP) is 1.17. The molecule has 0 radical (unpaired) electrons. The van der Waals surface area contributed by atoms with E-state index in [0.29, 0.717) is 0 Å². The van der Waals surface area contributed by atoms with Gasteiger partial charge in [0.15, 0.2) is 0 Å². The molecule has 0 unspecified atom stereocenters. The molecule has 23 heavy (non-hydrogen) atoms. The molecule has 0 aliphatic carbocycles. The van der Waals surface area contributed by atoms with Gasteiger partial charge in [-0.1, -0.05) is 6.07 Å². The molecule has 2 aromatic heterocycles. The van der Waals surface area contributed by atoms with Crippen molar-refractivity contribution in [3.63, 3.8) is 0 Å². The highest BCUT2D eigenvalue weighted by Gasteiger charge is 2.39. The van der Waals surface area contributed by atoms with Gasteiger partial charge >= 0.3 is 0 Å². The lowest BCUT2D eigenvalue weighted by atomic mass is 9.95. The standard InChI is InChI=1S/C15H17N3O4S/c1-18-13(19)8-12(15(18)11-4-2-6-16-9-11)10-17-23(20,21)14-5-3-7-22-14/h2-7,9,12,15,17H,8,10H2,1H3/t12-,15-/m0/s1. The van der Waals surface area contributed by atoms with E-state index in [1.165, 1.54) is 18.4 Å². The molecular weight excluding hydrogens is 318 g/mol. The average molecular weight is 335 g/mol. The average Bonchev–Trinajstić information content (AvgIpc) is 3.16. The van der Waals surface area contributed by atoms with Crippen LogP contribution in [0.2, 0.25) is 0 Å². The summed E-state index contributed by atoms with van der Waals surface area (Å²) in [5.74, 6) is -0.178. The summed E-state index contributed by atoms with van der Waals surface area (Å²) in [4.78, 5) is 17.8. The number of furan rings is 1. The summed E-state index contributed by atoms with van der Waals surface area (Å²) in [6.45, 7) is 0.151. The van der Waals surface area contributed by atoms with Gasteiger partial charge in [0.05, 0.1) is 12.3 Å². The number of pyridine rings is 1. The number of amides is 1. The smallest absolute Gasteiger partial charge is 0.273 e. The molecular formula is C15H17N3O4S. The van der Waals surface area contributed by atoms with Crippen molar-refractivity contribution in [3.05, 3.63) is 48.5 Å². The van der Waals surface area contributed by atoms with E-state index < -0.39 is 10.0 Å². The van der Waals surface area contributed by atoms with E-state index in [-0.39, 0.29) is 35.9 Å². The van der Waals surface area contributed by atoms with Crippen LogP contribution >= 0.6 is 0 Å². The molecule has 1 aliphatic rings. The highest BCUT2D eigenvalue weighted by Crippen LogP contribution is 2.36. The molecule has 2 aromatic rings. The summed E-state index contributed by atoms with van der Waals surface area (Å²) >= 11 is 0. The Morgan fingerprint density at radius 1 is 1.39 bits per heavy atom. The second-order valence-electron chi connectivity index (χ2n) is 5.48. The molecule has 3 rings (SSSR count). The summed E-state index contributed by atoms with van der Waals surface area (Å²) in [7, 11) is -1.98. The van der Waals surface area contributed by atoms with Crippen LogP contribution in [0.3, 0.4) is 0 Å². The van der Waals surface area contributed by atoms with Gasteiger partial charge in [-0.25, -0.2) is 13.1 Å². The van der Waals surface area contributed by atoms with Crippen LogP contribution < -0.4 is 4.72 Å². The van der Waals surface area contributed by atoms with Crippen LogP contribution in [0.1, 0.15) is 18.0 Å². The Hall–Kier alpha value is -2.19. The van der Waals surface area contributed by atoms with Crippen LogP contribution in [0.5, 0.6) is 0 Å². The van der Waals surface area contributed by atoms with E-state index in [1.54, 1.807) is 30.4 Å². The molecule has 0 spiro atoms. The third-order valence-corrected chi connectivity index (χ3v) is 5.32. The number of likely N-dealkylation sites (tertiary alicyclic amines) is 1. The summed E-state index contributed by atoms with van der Waals surface area (Å²) < 4.78 is 31.7. The summed E-state index contributed by atoms with van der Waals surface area (Å²) in [5.41, 5.74) is 0.892. The largest absolute Gasteiger partial charge is 0.452 e. The van der Waals surface area contributed by atoms with Crippen molar-refractivity contribution in [3.8, 4) is 0 Å². The minimum absolute atomic E-state index is 0.0129. The molecule has 1 saturated heterocycles. The fraction of sp³-hybridized carbons (Fsp3) is 0.333. The molecule has 0 bridgehead atoms. The SMILES string of the molecule is CN1C(=O)C[C@@H](CNS(=O)(=O)c2ccco2)[C@@H]1c1cccnc1.